The number of rotatable bonds is 3. The van der Waals surface area contributed by atoms with Crippen molar-refractivity contribution in [1.29, 1.82) is 0 Å². The summed E-state index contributed by atoms with van der Waals surface area (Å²) >= 11 is 0. The monoisotopic (exact) mass is 222 g/mol. The van der Waals surface area contributed by atoms with E-state index < -0.39 is 24.4 Å². The zero-order valence-corrected chi connectivity index (χ0v) is 8.69. The zero-order chi connectivity index (χ0) is 11.5. The lowest BCUT2D eigenvalue weighted by atomic mass is 10.0. The molecule has 2 N–H and O–H groups in total. The molecule has 0 radical (unpaired) electrons. The van der Waals surface area contributed by atoms with Crippen LogP contribution in [0.25, 0.3) is 0 Å². The predicted molar refractivity (Wildman–Crippen MR) is 56.8 cm³/mol. The van der Waals surface area contributed by atoms with Crippen molar-refractivity contribution >= 4 is 6.29 Å². The van der Waals surface area contributed by atoms with E-state index in [-0.39, 0.29) is 6.42 Å². The number of carbonyl (C=O) groups excluding carboxylic acids is 1. The number of hydrogen-bond acceptors (Lipinski definition) is 4. The quantitative estimate of drug-likeness (QED) is 0.728. The van der Waals surface area contributed by atoms with Gasteiger partial charge < -0.3 is 19.7 Å². The fraction of sp³-hybridized carbons (Fsp3) is 0.417. The van der Waals surface area contributed by atoms with E-state index in [0.29, 0.717) is 6.29 Å². The molecular formula is C12H14O4. The van der Waals surface area contributed by atoms with Gasteiger partial charge >= 0.3 is 0 Å². The maximum absolute atomic E-state index is 10.4. The number of aliphatic hydroxyl groups is 2. The van der Waals surface area contributed by atoms with Gasteiger partial charge in [-0.3, -0.25) is 0 Å². The molecule has 0 bridgehead atoms. The summed E-state index contributed by atoms with van der Waals surface area (Å²) in [7, 11) is 0. The Morgan fingerprint density at radius 3 is 2.50 bits per heavy atom. The van der Waals surface area contributed by atoms with E-state index in [4.69, 9.17) is 4.74 Å². The van der Waals surface area contributed by atoms with Crippen molar-refractivity contribution < 1.29 is 19.7 Å². The van der Waals surface area contributed by atoms with Gasteiger partial charge in [0.05, 0.1) is 6.10 Å². The smallest absolute Gasteiger partial charge is 0.122 e. The molecule has 1 fully saturated rings. The molecular weight excluding hydrogens is 208 g/mol. The van der Waals surface area contributed by atoms with Crippen LogP contribution in [0.15, 0.2) is 30.3 Å². The van der Waals surface area contributed by atoms with Crippen molar-refractivity contribution in [2.24, 2.45) is 0 Å². The Kier molecular flexibility index (Phi) is 3.33. The summed E-state index contributed by atoms with van der Waals surface area (Å²) in [6.45, 7) is 0. The normalized spacial score (nSPS) is 33.9. The van der Waals surface area contributed by atoms with Crippen LogP contribution in [0, 0.1) is 0 Å². The van der Waals surface area contributed by atoms with E-state index >= 15 is 0 Å². The van der Waals surface area contributed by atoms with Gasteiger partial charge in [0.25, 0.3) is 0 Å². The van der Waals surface area contributed by atoms with Gasteiger partial charge in [-0.15, -0.1) is 0 Å². The third-order valence-corrected chi connectivity index (χ3v) is 2.82. The molecule has 16 heavy (non-hydrogen) atoms. The topological polar surface area (TPSA) is 66.8 Å². The minimum absolute atomic E-state index is 0.0988. The summed E-state index contributed by atoms with van der Waals surface area (Å²) in [5, 5.41) is 19.5. The van der Waals surface area contributed by atoms with Crippen molar-refractivity contribution in [2.45, 2.75) is 30.8 Å². The molecule has 1 aromatic carbocycles. The van der Waals surface area contributed by atoms with Gasteiger partial charge in [0.15, 0.2) is 0 Å². The Bertz CT molecular complexity index is 351. The van der Waals surface area contributed by atoms with Gasteiger partial charge in [-0.05, 0) is 5.56 Å². The van der Waals surface area contributed by atoms with Crippen LogP contribution in [0.5, 0.6) is 0 Å². The summed E-state index contributed by atoms with van der Waals surface area (Å²) in [5.41, 5.74) is 0.808. The third kappa shape index (κ3) is 2.00. The number of benzene rings is 1. The van der Waals surface area contributed by atoms with Crippen molar-refractivity contribution in [3.8, 4) is 0 Å². The fourth-order valence-electron chi connectivity index (χ4n) is 1.96. The third-order valence-electron chi connectivity index (χ3n) is 2.82. The molecule has 2 rings (SSSR count). The minimum Gasteiger partial charge on any atom is -0.388 e. The summed E-state index contributed by atoms with van der Waals surface area (Å²) in [6.07, 6.45) is -2.36. The maximum Gasteiger partial charge on any atom is 0.122 e. The SMILES string of the molecule is O=CC[C@@H]1O[C@H](c2ccccc2)[C@@H](O)[C@@H]1O. The Morgan fingerprint density at radius 2 is 1.88 bits per heavy atom. The lowest BCUT2D eigenvalue weighted by molar-refractivity contribution is -0.111. The van der Waals surface area contributed by atoms with E-state index in [1.807, 2.05) is 30.3 Å². The summed E-state index contributed by atoms with van der Waals surface area (Å²) in [5.74, 6) is 0. The lowest BCUT2D eigenvalue weighted by Gasteiger charge is -2.14. The number of aldehydes is 1. The van der Waals surface area contributed by atoms with Crippen molar-refractivity contribution in [1.82, 2.24) is 0 Å². The van der Waals surface area contributed by atoms with E-state index in [1.165, 1.54) is 0 Å². The molecule has 86 valence electrons. The Morgan fingerprint density at radius 1 is 1.19 bits per heavy atom. The number of carbonyl (C=O) groups is 1. The molecule has 0 spiro atoms. The number of aliphatic hydroxyl groups excluding tert-OH is 2. The highest BCUT2D eigenvalue weighted by atomic mass is 16.5. The highest BCUT2D eigenvalue weighted by molar-refractivity contribution is 5.50. The molecule has 1 heterocycles. The van der Waals surface area contributed by atoms with Crippen molar-refractivity contribution in [3.05, 3.63) is 35.9 Å². The van der Waals surface area contributed by atoms with Gasteiger partial charge in [-0.1, -0.05) is 30.3 Å². The molecule has 1 aliphatic heterocycles. The molecule has 0 amide bonds. The Labute approximate surface area is 93.5 Å². The summed E-state index contributed by atoms with van der Waals surface area (Å²) in [6, 6.07) is 9.19. The van der Waals surface area contributed by atoms with Crippen molar-refractivity contribution in [2.75, 3.05) is 0 Å². The van der Waals surface area contributed by atoms with E-state index in [9.17, 15) is 15.0 Å². The molecule has 0 aromatic heterocycles. The second-order valence-electron chi connectivity index (χ2n) is 3.89. The lowest BCUT2D eigenvalue weighted by Crippen LogP contribution is -2.30. The molecule has 1 saturated heterocycles. The predicted octanol–water partition coefficient (Wildman–Crippen LogP) is 0.437. The Balaban J connectivity index is 2.16. The van der Waals surface area contributed by atoms with E-state index in [1.54, 1.807) is 0 Å². The molecule has 4 atom stereocenters. The molecule has 4 nitrogen and oxygen atoms in total. The zero-order valence-electron chi connectivity index (χ0n) is 8.69. The molecule has 4 heteroatoms. The molecule has 1 aliphatic rings. The Hall–Kier alpha value is -1.23. The van der Waals surface area contributed by atoms with Crippen LogP contribution in [-0.2, 0) is 9.53 Å². The maximum atomic E-state index is 10.4. The van der Waals surface area contributed by atoms with Gasteiger partial charge in [0.2, 0.25) is 0 Å². The first-order chi connectivity index (χ1) is 7.74. The first kappa shape index (κ1) is 11.3. The first-order valence-corrected chi connectivity index (χ1v) is 5.24. The number of hydrogen-bond donors (Lipinski definition) is 2. The van der Waals surface area contributed by atoms with Crippen LogP contribution in [0.3, 0.4) is 0 Å². The van der Waals surface area contributed by atoms with Gasteiger partial charge in [0, 0.05) is 6.42 Å². The molecule has 1 aromatic rings. The van der Waals surface area contributed by atoms with Gasteiger partial charge in [0.1, 0.15) is 24.6 Å². The average Bonchev–Trinajstić information content (AvgIpc) is 2.59. The average molecular weight is 222 g/mol. The van der Waals surface area contributed by atoms with E-state index in [0.717, 1.165) is 5.56 Å². The largest absolute Gasteiger partial charge is 0.388 e. The fourth-order valence-corrected chi connectivity index (χ4v) is 1.96. The highest BCUT2D eigenvalue weighted by Crippen LogP contribution is 2.34. The highest BCUT2D eigenvalue weighted by Gasteiger charge is 2.42. The van der Waals surface area contributed by atoms with E-state index in [2.05, 4.69) is 0 Å². The van der Waals surface area contributed by atoms with Crippen LogP contribution in [0.2, 0.25) is 0 Å². The van der Waals surface area contributed by atoms with Crippen LogP contribution in [-0.4, -0.2) is 34.8 Å². The van der Waals surface area contributed by atoms with Crippen molar-refractivity contribution in [3.63, 3.8) is 0 Å². The molecule has 0 aliphatic carbocycles. The second kappa shape index (κ2) is 4.74. The van der Waals surface area contributed by atoms with Crippen LogP contribution in [0.4, 0.5) is 0 Å². The molecule has 0 unspecified atom stereocenters. The standard InChI is InChI=1S/C12H14O4/c13-7-6-9-10(14)11(15)12(16-9)8-4-2-1-3-5-8/h1-5,7,9-12,14-15H,6H2/t9-,10+,11-,12+/m0/s1. The first-order valence-electron chi connectivity index (χ1n) is 5.24. The van der Waals surface area contributed by atoms with Gasteiger partial charge in [-0.2, -0.15) is 0 Å². The van der Waals surface area contributed by atoms with Crippen LogP contribution < -0.4 is 0 Å². The van der Waals surface area contributed by atoms with Crippen LogP contribution in [0.1, 0.15) is 18.1 Å². The minimum atomic E-state index is -1.00. The second-order valence-corrected chi connectivity index (χ2v) is 3.89. The summed E-state index contributed by atoms with van der Waals surface area (Å²) in [4.78, 5) is 10.4. The number of ether oxygens (including phenoxy) is 1. The van der Waals surface area contributed by atoms with Gasteiger partial charge in [-0.25, -0.2) is 0 Å². The summed E-state index contributed by atoms with van der Waals surface area (Å²) < 4.78 is 5.48. The van der Waals surface area contributed by atoms with Crippen LogP contribution >= 0.6 is 0 Å². The molecule has 0 saturated carbocycles.